The first kappa shape index (κ1) is 32.6. The molecule has 0 amide bonds. The maximum absolute atomic E-state index is 4.02. The summed E-state index contributed by atoms with van der Waals surface area (Å²) in [6.07, 6.45) is 3.52. The van der Waals surface area contributed by atoms with Gasteiger partial charge in [0.25, 0.3) is 0 Å². The monoisotopic (exact) mass is 632 g/mol. The van der Waals surface area contributed by atoms with Gasteiger partial charge >= 0.3 is 0 Å². The first-order valence-electron chi connectivity index (χ1n) is 15.3. The summed E-state index contributed by atoms with van der Waals surface area (Å²) in [4.78, 5) is 8.03. The molecule has 0 N–H and O–H groups in total. The molecule has 2 nitrogen and oxygen atoms in total. The van der Waals surface area contributed by atoms with Crippen LogP contribution in [0.25, 0.3) is 0 Å². The van der Waals surface area contributed by atoms with E-state index in [1.807, 2.05) is 13.8 Å². The topological polar surface area (TPSA) is 25.8 Å². The van der Waals surface area contributed by atoms with Gasteiger partial charge < -0.3 is 0 Å². The molecule has 4 heteroatoms. The molecule has 0 saturated carbocycles. The van der Waals surface area contributed by atoms with E-state index in [1.54, 1.807) is 12.4 Å². The fourth-order valence-corrected chi connectivity index (χ4v) is 9.42. The number of nitrogens with zero attached hydrogens (tertiary/aromatic N) is 2. The van der Waals surface area contributed by atoms with Crippen LogP contribution >= 0.6 is 15.8 Å². The SMILES string of the molecule is Cc1cnc(C)cn1.c1ccc(P(c2ccccc2)c2ccccc2)cc1.c1ccc(P(c2ccccc2)c2ccccc2)cc1. The molecular weight excluding hydrogens is 594 g/mol. The lowest BCUT2D eigenvalue weighted by Gasteiger charge is -2.18. The Kier molecular flexibility index (Phi) is 12.5. The normalized spacial score (nSPS) is 10.3. The molecule has 0 spiro atoms. The van der Waals surface area contributed by atoms with Gasteiger partial charge in [-0.15, -0.1) is 0 Å². The van der Waals surface area contributed by atoms with Crippen molar-refractivity contribution in [1.29, 1.82) is 0 Å². The molecule has 0 unspecified atom stereocenters. The highest BCUT2D eigenvalue weighted by Crippen LogP contribution is 2.33. The van der Waals surface area contributed by atoms with Gasteiger partial charge in [-0.3, -0.25) is 9.97 Å². The lowest BCUT2D eigenvalue weighted by Crippen LogP contribution is -2.20. The van der Waals surface area contributed by atoms with Crippen LogP contribution in [0.5, 0.6) is 0 Å². The standard InChI is InChI=1S/2C18H15P.C6H8N2/c2*1-4-10-16(11-5-1)19(17-12-6-2-7-13-17)18-14-8-3-9-15-18;1-5-3-8-6(2)4-7-5/h2*1-15H;3-4H,1-2H3. The van der Waals surface area contributed by atoms with Crippen LogP contribution in [0, 0.1) is 13.8 Å². The van der Waals surface area contributed by atoms with Crippen LogP contribution in [0.2, 0.25) is 0 Å². The van der Waals surface area contributed by atoms with Crippen LogP contribution in [-0.4, -0.2) is 9.97 Å². The Morgan fingerprint density at radius 2 is 0.457 bits per heavy atom. The molecule has 0 atom stereocenters. The first-order valence-corrected chi connectivity index (χ1v) is 18.0. The molecule has 7 aromatic rings. The van der Waals surface area contributed by atoms with E-state index in [9.17, 15) is 0 Å². The van der Waals surface area contributed by atoms with Gasteiger partial charge in [-0.2, -0.15) is 0 Å². The van der Waals surface area contributed by atoms with Gasteiger partial charge in [0.05, 0.1) is 11.4 Å². The summed E-state index contributed by atoms with van der Waals surface area (Å²) >= 11 is 0. The molecular formula is C42H38N2P2. The molecule has 46 heavy (non-hydrogen) atoms. The summed E-state index contributed by atoms with van der Waals surface area (Å²) in [5.74, 6) is 0. The van der Waals surface area contributed by atoms with Crippen molar-refractivity contribution in [3.8, 4) is 0 Å². The number of aryl methyl sites for hydroxylation is 2. The van der Waals surface area contributed by atoms with E-state index in [0.717, 1.165) is 11.4 Å². The van der Waals surface area contributed by atoms with Gasteiger partial charge in [-0.05, 0) is 61.5 Å². The van der Waals surface area contributed by atoms with Crippen LogP contribution < -0.4 is 31.8 Å². The molecule has 1 aromatic heterocycles. The molecule has 0 bridgehead atoms. The Labute approximate surface area is 276 Å². The average Bonchev–Trinajstić information content (AvgIpc) is 3.13. The second kappa shape index (κ2) is 17.7. The molecule has 0 radical (unpaired) electrons. The average molecular weight is 633 g/mol. The minimum absolute atomic E-state index is 0.446. The number of hydrogen-bond donors (Lipinski definition) is 0. The number of hydrogen-bond acceptors (Lipinski definition) is 2. The maximum atomic E-state index is 4.02. The Bertz CT molecular complexity index is 1490. The predicted molar refractivity (Wildman–Crippen MR) is 202 cm³/mol. The van der Waals surface area contributed by atoms with Crippen molar-refractivity contribution in [1.82, 2.24) is 9.97 Å². The van der Waals surface area contributed by atoms with Crippen LogP contribution in [-0.2, 0) is 0 Å². The summed E-state index contributed by atoms with van der Waals surface area (Å²) < 4.78 is 0. The van der Waals surface area contributed by atoms with Crippen molar-refractivity contribution in [2.75, 3.05) is 0 Å². The molecule has 7 rings (SSSR count). The van der Waals surface area contributed by atoms with E-state index >= 15 is 0 Å². The van der Waals surface area contributed by atoms with E-state index in [0.29, 0.717) is 0 Å². The molecule has 0 aliphatic rings. The summed E-state index contributed by atoms with van der Waals surface area (Å²) in [6, 6.07) is 64.7. The minimum Gasteiger partial charge on any atom is -0.258 e. The summed E-state index contributed by atoms with van der Waals surface area (Å²) in [7, 11) is -0.892. The van der Waals surface area contributed by atoms with Crippen molar-refractivity contribution in [2.24, 2.45) is 0 Å². The third kappa shape index (κ3) is 9.63. The van der Waals surface area contributed by atoms with Crippen LogP contribution in [0.1, 0.15) is 11.4 Å². The molecule has 0 fully saturated rings. The van der Waals surface area contributed by atoms with Crippen molar-refractivity contribution in [3.05, 3.63) is 206 Å². The Balaban J connectivity index is 0.000000147. The zero-order chi connectivity index (χ0) is 31.8. The van der Waals surface area contributed by atoms with Gasteiger partial charge in [-0.25, -0.2) is 0 Å². The van der Waals surface area contributed by atoms with Gasteiger partial charge in [-0.1, -0.05) is 182 Å². The summed E-state index contributed by atoms with van der Waals surface area (Å²) in [5, 5.41) is 8.39. The molecule has 0 aliphatic heterocycles. The van der Waals surface area contributed by atoms with Gasteiger partial charge in [0.1, 0.15) is 0 Å². The number of aromatic nitrogens is 2. The van der Waals surface area contributed by atoms with Crippen molar-refractivity contribution in [3.63, 3.8) is 0 Å². The van der Waals surface area contributed by atoms with Crippen molar-refractivity contribution >= 4 is 47.7 Å². The number of benzene rings is 6. The molecule has 0 aliphatic carbocycles. The maximum Gasteiger partial charge on any atom is 0.0555 e. The van der Waals surface area contributed by atoms with E-state index in [2.05, 4.69) is 192 Å². The van der Waals surface area contributed by atoms with Crippen LogP contribution in [0.4, 0.5) is 0 Å². The smallest absolute Gasteiger partial charge is 0.0555 e. The highest BCUT2D eigenvalue weighted by Gasteiger charge is 2.16. The lowest BCUT2D eigenvalue weighted by molar-refractivity contribution is 1.06. The molecule has 6 aromatic carbocycles. The first-order chi connectivity index (χ1) is 22.7. The number of rotatable bonds is 6. The summed E-state index contributed by atoms with van der Waals surface area (Å²) in [6.45, 7) is 3.85. The van der Waals surface area contributed by atoms with Gasteiger partial charge in [0.15, 0.2) is 0 Å². The van der Waals surface area contributed by atoms with E-state index in [4.69, 9.17) is 0 Å². The predicted octanol–water partition coefficient (Wildman–Crippen LogP) is 7.98. The van der Waals surface area contributed by atoms with Crippen LogP contribution in [0.3, 0.4) is 0 Å². The van der Waals surface area contributed by atoms with Crippen molar-refractivity contribution < 1.29 is 0 Å². The Morgan fingerprint density at radius 3 is 0.609 bits per heavy atom. The third-order valence-corrected chi connectivity index (χ3v) is 11.9. The fraction of sp³-hybridized carbons (Fsp3) is 0.0476. The van der Waals surface area contributed by atoms with E-state index in [1.165, 1.54) is 31.8 Å². The van der Waals surface area contributed by atoms with Gasteiger partial charge in [0.2, 0.25) is 0 Å². The third-order valence-electron chi connectivity index (χ3n) is 7.00. The zero-order valence-corrected chi connectivity index (χ0v) is 28.1. The van der Waals surface area contributed by atoms with Crippen LogP contribution in [0.15, 0.2) is 194 Å². The fourth-order valence-electron chi connectivity index (χ4n) is 4.81. The van der Waals surface area contributed by atoms with Crippen molar-refractivity contribution in [2.45, 2.75) is 13.8 Å². The van der Waals surface area contributed by atoms with E-state index in [-0.39, 0.29) is 0 Å². The zero-order valence-electron chi connectivity index (χ0n) is 26.3. The lowest BCUT2D eigenvalue weighted by atomic mass is 10.4. The molecule has 1 heterocycles. The second-order valence-electron chi connectivity index (χ2n) is 10.5. The summed E-state index contributed by atoms with van der Waals surface area (Å²) in [5.41, 5.74) is 1.94. The quantitative estimate of drug-likeness (QED) is 0.174. The van der Waals surface area contributed by atoms with Gasteiger partial charge in [0, 0.05) is 12.4 Å². The highest BCUT2D eigenvalue weighted by atomic mass is 31.1. The largest absolute Gasteiger partial charge is 0.258 e. The molecule has 0 saturated heterocycles. The van der Waals surface area contributed by atoms with E-state index < -0.39 is 15.8 Å². The highest BCUT2D eigenvalue weighted by molar-refractivity contribution is 7.80. The second-order valence-corrected chi connectivity index (χ2v) is 14.9. The molecule has 226 valence electrons. The Hall–Kier alpha value is -4.74. The minimum atomic E-state index is -0.446. The Morgan fingerprint density at radius 1 is 0.283 bits per heavy atom.